The zero-order valence-electron chi connectivity index (χ0n) is 11.9. The van der Waals surface area contributed by atoms with Gasteiger partial charge in [-0.05, 0) is 38.6 Å². The van der Waals surface area contributed by atoms with Gasteiger partial charge < -0.3 is 10.6 Å². The number of nitrogens with two attached hydrogens (primary N) is 1. The van der Waals surface area contributed by atoms with Gasteiger partial charge >= 0.3 is 0 Å². The van der Waals surface area contributed by atoms with Crippen LogP contribution in [0.2, 0.25) is 0 Å². The van der Waals surface area contributed by atoms with E-state index in [1.807, 2.05) is 4.68 Å². The highest BCUT2D eigenvalue weighted by molar-refractivity contribution is 5.51. The van der Waals surface area contributed by atoms with Gasteiger partial charge in [0.2, 0.25) is 0 Å². The number of anilines is 1. The van der Waals surface area contributed by atoms with E-state index in [1.165, 1.54) is 43.7 Å². The minimum absolute atomic E-state index is 0.700. The summed E-state index contributed by atoms with van der Waals surface area (Å²) in [6.45, 7) is 7.42. The Balaban J connectivity index is 2.18. The average molecular weight is 250 g/mol. The van der Waals surface area contributed by atoms with E-state index < -0.39 is 0 Å². The molecular formula is C14H26N4. The minimum Gasteiger partial charge on any atom is -0.356 e. The second-order valence-electron chi connectivity index (χ2n) is 5.44. The Bertz CT molecular complexity index is 397. The fourth-order valence-electron chi connectivity index (χ4n) is 3.19. The summed E-state index contributed by atoms with van der Waals surface area (Å²) in [5, 5.41) is 4.56. The van der Waals surface area contributed by atoms with Gasteiger partial charge in [0.25, 0.3) is 0 Å². The number of hydrogen-bond donors (Lipinski definition) is 1. The fourth-order valence-corrected chi connectivity index (χ4v) is 3.19. The number of hydrogen-bond acceptors (Lipinski definition) is 3. The standard InChI is InChI=1S/C14H26N4/c1-4-5-12-7-9-18(10-12)14-13(6-8-15)11(2)16-17(14)3/h12H,4-10,15H2,1-3H3. The molecule has 0 aliphatic carbocycles. The van der Waals surface area contributed by atoms with Gasteiger partial charge in [0, 0.05) is 25.7 Å². The van der Waals surface area contributed by atoms with Crippen molar-refractivity contribution in [2.75, 3.05) is 24.5 Å². The lowest BCUT2D eigenvalue weighted by Gasteiger charge is -2.20. The molecule has 18 heavy (non-hydrogen) atoms. The van der Waals surface area contributed by atoms with E-state index in [2.05, 4.69) is 30.9 Å². The largest absolute Gasteiger partial charge is 0.356 e. The van der Waals surface area contributed by atoms with Crippen molar-refractivity contribution in [3.63, 3.8) is 0 Å². The first kappa shape index (κ1) is 13.4. The van der Waals surface area contributed by atoms with E-state index in [1.54, 1.807) is 0 Å². The Kier molecular flexibility index (Phi) is 4.27. The first-order chi connectivity index (χ1) is 8.67. The summed E-state index contributed by atoms with van der Waals surface area (Å²) >= 11 is 0. The van der Waals surface area contributed by atoms with Crippen LogP contribution in [0, 0.1) is 12.8 Å². The van der Waals surface area contributed by atoms with Crippen molar-refractivity contribution in [3.8, 4) is 0 Å². The Morgan fingerprint density at radius 1 is 1.44 bits per heavy atom. The second kappa shape index (κ2) is 5.74. The molecule has 0 bridgehead atoms. The van der Waals surface area contributed by atoms with Crippen molar-refractivity contribution in [1.29, 1.82) is 0 Å². The molecule has 0 amide bonds. The molecule has 1 unspecified atom stereocenters. The molecule has 2 rings (SSSR count). The second-order valence-corrected chi connectivity index (χ2v) is 5.44. The van der Waals surface area contributed by atoms with E-state index in [9.17, 15) is 0 Å². The summed E-state index contributed by atoms with van der Waals surface area (Å²) in [5.74, 6) is 2.16. The van der Waals surface area contributed by atoms with Gasteiger partial charge in [-0.2, -0.15) is 5.10 Å². The maximum Gasteiger partial charge on any atom is 0.130 e. The van der Waals surface area contributed by atoms with E-state index >= 15 is 0 Å². The van der Waals surface area contributed by atoms with Crippen molar-refractivity contribution in [2.45, 2.75) is 39.5 Å². The van der Waals surface area contributed by atoms with Crippen LogP contribution >= 0.6 is 0 Å². The van der Waals surface area contributed by atoms with Gasteiger partial charge in [0.15, 0.2) is 0 Å². The van der Waals surface area contributed by atoms with Crippen LogP contribution in [0.25, 0.3) is 0 Å². The Morgan fingerprint density at radius 2 is 2.22 bits per heavy atom. The molecule has 0 aromatic carbocycles. The lowest BCUT2D eigenvalue weighted by atomic mass is 10.0. The van der Waals surface area contributed by atoms with Gasteiger partial charge in [-0.1, -0.05) is 13.3 Å². The highest BCUT2D eigenvalue weighted by Gasteiger charge is 2.26. The third kappa shape index (κ3) is 2.53. The first-order valence-corrected chi connectivity index (χ1v) is 7.14. The van der Waals surface area contributed by atoms with Crippen molar-refractivity contribution < 1.29 is 0 Å². The zero-order chi connectivity index (χ0) is 13.1. The van der Waals surface area contributed by atoms with Crippen LogP contribution in [-0.4, -0.2) is 29.4 Å². The van der Waals surface area contributed by atoms with Crippen LogP contribution in [0.15, 0.2) is 0 Å². The molecule has 1 saturated heterocycles. The van der Waals surface area contributed by atoms with E-state index in [-0.39, 0.29) is 0 Å². The predicted octanol–water partition coefficient (Wildman–Crippen LogP) is 1.86. The summed E-state index contributed by atoms with van der Waals surface area (Å²) in [6, 6.07) is 0. The summed E-state index contributed by atoms with van der Waals surface area (Å²) in [7, 11) is 2.05. The highest BCUT2D eigenvalue weighted by Crippen LogP contribution is 2.30. The molecule has 1 atom stereocenters. The van der Waals surface area contributed by atoms with Crippen molar-refractivity contribution in [2.24, 2.45) is 18.7 Å². The monoisotopic (exact) mass is 250 g/mol. The summed E-state index contributed by atoms with van der Waals surface area (Å²) in [6.07, 6.45) is 4.89. The van der Waals surface area contributed by atoms with Gasteiger partial charge in [0.1, 0.15) is 5.82 Å². The van der Waals surface area contributed by atoms with E-state index in [0.717, 1.165) is 18.0 Å². The van der Waals surface area contributed by atoms with Crippen LogP contribution in [-0.2, 0) is 13.5 Å². The molecule has 1 aliphatic rings. The number of rotatable bonds is 5. The van der Waals surface area contributed by atoms with Crippen molar-refractivity contribution >= 4 is 5.82 Å². The smallest absolute Gasteiger partial charge is 0.130 e. The molecule has 2 N–H and O–H groups in total. The van der Waals surface area contributed by atoms with E-state index in [0.29, 0.717) is 6.54 Å². The van der Waals surface area contributed by atoms with Crippen LogP contribution in [0.5, 0.6) is 0 Å². The maximum absolute atomic E-state index is 5.73. The molecule has 2 heterocycles. The Hall–Kier alpha value is -1.03. The molecule has 0 spiro atoms. The normalized spacial score (nSPS) is 19.8. The third-order valence-electron chi connectivity index (χ3n) is 3.99. The number of aromatic nitrogens is 2. The quantitative estimate of drug-likeness (QED) is 0.867. The number of aryl methyl sites for hydroxylation is 2. The average Bonchev–Trinajstić information content (AvgIpc) is 2.86. The minimum atomic E-state index is 0.700. The van der Waals surface area contributed by atoms with Gasteiger partial charge in [-0.15, -0.1) is 0 Å². The highest BCUT2D eigenvalue weighted by atomic mass is 15.4. The SMILES string of the molecule is CCCC1CCN(c2c(CCN)c(C)nn2C)C1. The van der Waals surface area contributed by atoms with Crippen LogP contribution in [0.3, 0.4) is 0 Å². The van der Waals surface area contributed by atoms with Crippen LogP contribution in [0.4, 0.5) is 5.82 Å². The maximum atomic E-state index is 5.73. The molecule has 1 aromatic heterocycles. The molecule has 0 saturated carbocycles. The van der Waals surface area contributed by atoms with E-state index in [4.69, 9.17) is 5.73 Å². The summed E-state index contributed by atoms with van der Waals surface area (Å²) < 4.78 is 2.04. The molecule has 102 valence electrons. The molecule has 4 nitrogen and oxygen atoms in total. The third-order valence-corrected chi connectivity index (χ3v) is 3.99. The molecule has 0 radical (unpaired) electrons. The fraction of sp³-hybridized carbons (Fsp3) is 0.786. The van der Waals surface area contributed by atoms with Gasteiger partial charge in [0.05, 0.1) is 5.69 Å². The molecular weight excluding hydrogens is 224 g/mol. The first-order valence-electron chi connectivity index (χ1n) is 7.14. The van der Waals surface area contributed by atoms with Crippen molar-refractivity contribution in [3.05, 3.63) is 11.3 Å². The summed E-state index contributed by atoms with van der Waals surface area (Å²) in [5.41, 5.74) is 8.21. The molecule has 1 aromatic rings. The van der Waals surface area contributed by atoms with Crippen molar-refractivity contribution in [1.82, 2.24) is 9.78 Å². The predicted molar refractivity (Wildman–Crippen MR) is 75.9 cm³/mol. The molecule has 1 aliphatic heterocycles. The van der Waals surface area contributed by atoms with Crippen LogP contribution < -0.4 is 10.6 Å². The van der Waals surface area contributed by atoms with Gasteiger partial charge in [-0.3, -0.25) is 4.68 Å². The molecule has 1 fully saturated rings. The number of nitrogens with zero attached hydrogens (tertiary/aromatic N) is 3. The topological polar surface area (TPSA) is 47.1 Å². The Labute approximate surface area is 110 Å². The van der Waals surface area contributed by atoms with Gasteiger partial charge in [-0.25, -0.2) is 0 Å². The molecule has 4 heteroatoms. The lowest BCUT2D eigenvalue weighted by Crippen LogP contribution is -2.24. The summed E-state index contributed by atoms with van der Waals surface area (Å²) in [4.78, 5) is 2.51. The zero-order valence-corrected chi connectivity index (χ0v) is 11.9. The van der Waals surface area contributed by atoms with Crippen LogP contribution in [0.1, 0.15) is 37.4 Å². The Morgan fingerprint density at radius 3 is 2.89 bits per heavy atom. The lowest BCUT2D eigenvalue weighted by molar-refractivity contribution is 0.528.